The summed E-state index contributed by atoms with van der Waals surface area (Å²) in [6, 6.07) is 2.62. The molecule has 2 amide bonds. The number of nitrogens with zero attached hydrogens (tertiary/aromatic N) is 5. The van der Waals surface area contributed by atoms with E-state index in [1.165, 1.54) is 11.2 Å². The summed E-state index contributed by atoms with van der Waals surface area (Å²) >= 11 is 0. The van der Waals surface area contributed by atoms with E-state index >= 15 is 0 Å². The Labute approximate surface area is 211 Å². The van der Waals surface area contributed by atoms with E-state index in [4.69, 9.17) is 5.73 Å². The fraction of sp³-hybridized carbons (Fsp3) is 0.480. The number of nitrogen functional groups attached to an aromatic ring is 1. The molecular formula is C25H28F3N7O2. The summed E-state index contributed by atoms with van der Waals surface area (Å²) in [5.41, 5.74) is 9.52. The minimum Gasteiger partial charge on any atom is -0.382 e. The first kappa shape index (κ1) is 25.0. The van der Waals surface area contributed by atoms with Gasteiger partial charge in [0.15, 0.2) is 5.82 Å². The number of alkyl halides is 3. The summed E-state index contributed by atoms with van der Waals surface area (Å²) in [5, 5.41) is 6.97. The highest BCUT2D eigenvalue weighted by molar-refractivity contribution is 5.96. The second kappa shape index (κ2) is 9.31. The number of aryl methyl sites for hydroxylation is 2. The van der Waals surface area contributed by atoms with Crippen LogP contribution in [0.15, 0.2) is 24.7 Å². The fourth-order valence-corrected chi connectivity index (χ4v) is 5.23. The number of nitrogens with two attached hydrogens (primary N) is 1. The summed E-state index contributed by atoms with van der Waals surface area (Å²) in [7, 11) is 0. The van der Waals surface area contributed by atoms with Crippen LogP contribution in [0.2, 0.25) is 0 Å². The van der Waals surface area contributed by atoms with Gasteiger partial charge in [-0.25, -0.2) is 22.7 Å². The standard InChI is InChI=1S/C25H28F3N7O2/c1-13-7-20(35-21(13)22(29)31-12-32-35)16-8-17(14(2)30-9-16)23(36)33-19-11-34(10-18(19)26)24(37)15-3-5-25(27,28)6-4-15/h7-9,12,15,18-19H,3-6,10-11H2,1-2H3,(H,33,36)(H2,29,31,32)/t18-,19?/m0/s1. The van der Waals surface area contributed by atoms with Crippen molar-refractivity contribution < 1.29 is 22.8 Å². The van der Waals surface area contributed by atoms with Gasteiger partial charge in [-0.15, -0.1) is 0 Å². The largest absolute Gasteiger partial charge is 0.382 e. The van der Waals surface area contributed by atoms with Gasteiger partial charge in [0.2, 0.25) is 11.8 Å². The Kier molecular flexibility index (Phi) is 6.28. The number of pyridine rings is 1. The molecule has 3 aromatic rings. The lowest BCUT2D eigenvalue weighted by molar-refractivity contribution is -0.138. The normalized spacial score (nSPS) is 21.9. The Bertz CT molecular complexity index is 1370. The Morgan fingerprint density at radius 3 is 2.59 bits per heavy atom. The fourth-order valence-electron chi connectivity index (χ4n) is 5.23. The number of rotatable bonds is 4. The number of amides is 2. The molecule has 0 spiro atoms. The van der Waals surface area contributed by atoms with Crippen LogP contribution in [0.5, 0.6) is 0 Å². The Morgan fingerprint density at radius 1 is 1.14 bits per heavy atom. The predicted molar refractivity (Wildman–Crippen MR) is 130 cm³/mol. The van der Waals surface area contributed by atoms with Gasteiger partial charge in [0.25, 0.3) is 5.91 Å². The van der Waals surface area contributed by atoms with Crippen molar-refractivity contribution in [2.24, 2.45) is 5.92 Å². The second-order valence-corrected chi connectivity index (χ2v) is 9.94. The summed E-state index contributed by atoms with van der Waals surface area (Å²) in [6.45, 7) is 3.37. The van der Waals surface area contributed by atoms with Gasteiger partial charge in [0, 0.05) is 37.1 Å². The van der Waals surface area contributed by atoms with Crippen molar-refractivity contribution in [3.05, 3.63) is 41.5 Å². The third-order valence-electron chi connectivity index (χ3n) is 7.34. The number of likely N-dealkylation sites (tertiary alicyclic amines) is 1. The lowest BCUT2D eigenvalue weighted by Crippen LogP contribution is -2.43. The second-order valence-electron chi connectivity index (χ2n) is 9.94. The molecule has 9 nitrogen and oxygen atoms in total. The molecule has 2 atom stereocenters. The molecule has 37 heavy (non-hydrogen) atoms. The van der Waals surface area contributed by atoms with E-state index in [2.05, 4.69) is 20.4 Å². The first-order chi connectivity index (χ1) is 17.5. The number of carbonyl (C=O) groups is 2. The molecule has 1 saturated carbocycles. The molecule has 3 aromatic heterocycles. The van der Waals surface area contributed by atoms with E-state index < -0.39 is 30.0 Å². The molecular weight excluding hydrogens is 487 g/mol. The third kappa shape index (κ3) is 4.72. The van der Waals surface area contributed by atoms with Gasteiger partial charge in [-0.2, -0.15) is 5.10 Å². The van der Waals surface area contributed by atoms with Crippen molar-refractivity contribution in [1.82, 2.24) is 29.8 Å². The third-order valence-corrected chi connectivity index (χ3v) is 7.34. The summed E-state index contributed by atoms with van der Waals surface area (Å²) < 4.78 is 43.4. The molecule has 2 aliphatic rings. The van der Waals surface area contributed by atoms with E-state index in [1.807, 2.05) is 13.0 Å². The van der Waals surface area contributed by atoms with Crippen LogP contribution in [-0.4, -0.2) is 67.5 Å². The molecule has 1 saturated heterocycles. The molecule has 4 heterocycles. The molecule has 0 aromatic carbocycles. The van der Waals surface area contributed by atoms with Crippen molar-refractivity contribution in [3.8, 4) is 11.3 Å². The summed E-state index contributed by atoms with van der Waals surface area (Å²) in [5.74, 6) is -3.80. The number of hydrogen-bond donors (Lipinski definition) is 2. The smallest absolute Gasteiger partial charge is 0.253 e. The predicted octanol–water partition coefficient (Wildman–Crippen LogP) is 3.09. The molecule has 1 unspecified atom stereocenters. The topological polar surface area (TPSA) is 119 Å². The maximum Gasteiger partial charge on any atom is 0.253 e. The van der Waals surface area contributed by atoms with Gasteiger partial charge in [-0.1, -0.05) is 0 Å². The van der Waals surface area contributed by atoms with Gasteiger partial charge in [0.1, 0.15) is 18.0 Å². The lowest BCUT2D eigenvalue weighted by atomic mass is 9.86. The number of halogens is 3. The zero-order valence-electron chi connectivity index (χ0n) is 20.5. The van der Waals surface area contributed by atoms with Crippen LogP contribution in [0.25, 0.3) is 16.8 Å². The number of aromatic nitrogens is 4. The quantitative estimate of drug-likeness (QED) is 0.551. The van der Waals surface area contributed by atoms with Crippen molar-refractivity contribution in [2.45, 2.75) is 57.7 Å². The van der Waals surface area contributed by atoms with Crippen LogP contribution in [0.3, 0.4) is 0 Å². The highest BCUT2D eigenvalue weighted by Gasteiger charge is 2.42. The lowest BCUT2D eigenvalue weighted by Gasteiger charge is -2.30. The average molecular weight is 516 g/mol. The molecule has 5 rings (SSSR count). The zero-order chi connectivity index (χ0) is 26.5. The van der Waals surface area contributed by atoms with Crippen LogP contribution >= 0.6 is 0 Å². The van der Waals surface area contributed by atoms with Crippen molar-refractivity contribution in [2.75, 3.05) is 18.8 Å². The van der Waals surface area contributed by atoms with E-state index in [1.54, 1.807) is 23.7 Å². The van der Waals surface area contributed by atoms with Crippen LogP contribution < -0.4 is 11.1 Å². The Morgan fingerprint density at radius 2 is 1.86 bits per heavy atom. The van der Waals surface area contributed by atoms with Crippen LogP contribution in [0.4, 0.5) is 19.0 Å². The van der Waals surface area contributed by atoms with E-state index in [0.29, 0.717) is 28.3 Å². The van der Waals surface area contributed by atoms with E-state index in [9.17, 15) is 22.8 Å². The summed E-state index contributed by atoms with van der Waals surface area (Å²) in [6.07, 6.45) is 0.978. The Hall–Kier alpha value is -3.70. The number of nitrogens with one attached hydrogen (secondary N) is 1. The maximum absolute atomic E-state index is 14.9. The SMILES string of the molecule is Cc1ncc(-c2cc(C)c3c(N)ncnn23)cc1C(=O)NC1CN(C(=O)C2CCC(F)(F)CC2)C[C@@H]1F. The Balaban J connectivity index is 1.31. The van der Waals surface area contributed by atoms with Gasteiger partial charge in [0.05, 0.1) is 29.5 Å². The number of hydrogen-bond acceptors (Lipinski definition) is 6. The maximum atomic E-state index is 14.9. The minimum atomic E-state index is -2.74. The van der Waals surface area contributed by atoms with E-state index in [0.717, 1.165) is 5.56 Å². The zero-order valence-corrected chi connectivity index (χ0v) is 20.5. The van der Waals surface area contributed by atoms with E-state index in [-0.39, 0.29) is 50.2 Å². The monoisotopic (exact) mass is 515 g/mol. The minimum absolute atomic E-state index is 0.0104. The highest BCUT2D eigenvalue weighted by atomic mass is 19.3. The molecule has 0 bridgehead atoms. The van der Waals surface area contributed by atoms with Crippen LogP contribution in [0, 0.1) is 19.8 Å². The van der Waals surface area contributed by atoms with Gasteiger partial charge in [-0.05, 0) is 44.4 Å². The molecule has 196 valence electrons. The molecule has 0 radical (unpaired) electrons. The molecule has 1 aliphatic heterocycles. The van der Waals surface area contributed by atoms with Crippen molar-refractivity contribution >= 4 is 23.1 Å². The molecule has 3 N–H and O–H groups in total. The molecule has 1 aliphatic carbocycles. The van der Waals surface area contributed by atoms with Crippen molar-refractivity contribution in [1.29, 1.82) is 0 Å². The summed E-state index contributed by atoms with van der Waals surface area (Å²) in [4.78, 5) is 35.7. The molecule has 12 heteroatoms. The first-order valence-electron chi connectivity index (χ1n) is 12.2. The van der Waals surface area contributed by atoms with Crippen LogP contribution in [0.1, 0.15) is 47.3 Å². The number of anilines is 1. The first-order valence-corrected chi connectivity index (χ1v) is 12.2. The van der Waals surface area contributed by atoms with Crippen LogP contribution in [-0.2, 0) is 4.79 Å². The van der Waals surface area contributed by atoms with Gasteiger partial charge in [-0.3, -0.25) is 14.6 Å². The molecule has 2 fully saturated rings. The van der Waals surface area contributed by atoms with Gasteiger partial charge < -0.3 is 16.0 Å². The number of fused-ring (bicyclic) bond motifs is 1. The van der Waals surface area contributed by atoms with Gasteiger partial charge >= 0.3 is 0 Å². The van der Waals surface area contributed by atoms with Crippen molar-refractivity contribution in [3.63, 3.8) is 0 Å². The average Bonchev–Trinajstić information content (AvgIpc) is 3.39. The number of carbonyl (C=O) groups excluding carboxylic acids is 2. The highest BCUT2D eigenvalue weighted by Crippen LogP contribution is 2.37.